The molecule has 3 rings (SSSR count). The lowest BCUT2D eigenvalue weighted by Gasteiger charge is -2.02. The van der Waals surface area contributed by atoms with Crippen LogP contribution in [0, 0.1) is 11.6 Å². The summed E-state index contributed by atoms with van der Waals surface area (Å²) in [6.07, 6.45) is 3.49. The fourth-order valence-corrected chi connectivity index (χ4v) is 3.96. The van der Waals surface area contributed by atoms with E-state index in [0.29, 0.717) is 15.1 Å². The van der Waals surface area contributed by atoms with Crippen molar-refractivity contribution in [1.29, 1.82) is 0 Å². The lowest BCUT2D eigenvalue weighted by atomic mass is 10.2. The molecule has 0 N–H and O–H groups in total. The number of hydrogen-bond donors (Lipinski definition) is 0. The topological polar surface area (TPSA) is 34.4 Å². The highest BCUT2D eigenvalue weighted by molar-refractivity contribution is 7.98. The second-order valence-corrected chi connectivity index (χ2v) is 7.06. The highest BCUT2D eigenvalue weighted by atomic mass is 32.2. The summed E-state index contributed by atoms with van der Waals surface area (Å²) in [4.78, 5) is 17.9. The number of rotatable bonds is 4. The van der Waals surface area contributed by atoms with Crippen molar-refractivity contribution in [2.45, 2.75) is 11.4 Å². The fourth-order valence-electron chi connectivity index (χ4n) is 2.42. The van der Waals surface area contributed by atoms with Gasteiger partial charge in [-0.15, -0.1) is 18.3 Å². The minimum absolute atomic E-state index is 0.218. The average molecular weight is 376 g/mol. The molecule has 1 amide bonds. The zero-order valence-electron chi connectivity index (χ0n) is 13.3. The van der Waals surface area contributed by atoms with Gasteiger partial charge in [-0.05, 0) is 30.5 Å². The van der Waals surface area contributed by atoms with E-state index in [1.54, 1.807) is 24.3 Å². The van der Waals surface area contributed by atoms with Crippen molar-refractivity contribution in [1.82, 2.24) is 4.57 Å². The maximum absolute atomic E-state index is 14.2. The summed E-state index contributed by atoms with van der Waals surface area (Å²) in [5.74, 6) is -1.78. The Morgan fingerprint density at radius 3 is 2.88 bits per heavy atom. The van der Waals surface area contributed by atoms with Crippen LogP contribution in [0.5, 0.6) is 0 Å². The van der Waals surface area contributed by atoms with Gasteiger partial charge in [0.05, 0.1) is 10.2 Å². The number of benzene rings is 2. The van der Waals surface area contributed by atoms with Crippen LogP contribution in [0.2, 0.25) is 0 Å². The first-order valence-electron chi connectivity index (χ1n) is 7.36. The van der Waals surface area contributed by atoms with Crippen molar-refractivity contribution in [3.05, 3.63) is 71.1 Å². The molecule has 7 heteroatoms. The fraction of sp³-hybridized carbons (Fsp3) is 0.111. The van der Waals surface area contributed by atoms with Crippen LogP contribution < -0.4 is 4.80 Å². The van der Waals surface area contributed by atoms with E-state index >= 15 is 0 Å². The zero-order chi connectivity index (χ0) is 18.0. The van der Waals surface area contributed by atoms with E-state index in [2.05, 4.69) is 11.6 Å². The molecule has 0 aliphatic carbocycles. The van der Waals surface area contributed by atoms with Crippen LogP contribution >= 0.6 is 23.1 Å². The molecular formula is C18H14F2N2OS2. The number of hydrogen-bond acceptors (Lipinski definition) is 3. The van der Waals surface area contributed by atoms with Crippen molar-refractivity contribution in [2.75, 3.05) is 6.26 Å². The Morgan fingerprint density at radius 1 is 1.36 bits per heavy atom. The van der Waals surface area contributed by atoms with Crippen LogP contribution in [0.4, 0.5) is 8.78 Å². The van der Waals surface area contributed by atoms with Crippen molar-refractivity contribution < 1.29 is 13.6 Å². The summed E-state index contributed by atoms with van der Waals surface area (Å²) < 4.78 is 29.6. The van der Waals surface area contributed by atoms with Gasteiger partial charge in [-0.3, -0.25) is 4.79 Å². The number of aromatic nitrogens is 1. The van der Waals surface area contributed by atoms with Gasteiger partial charge in [0.2, 0.25) is 0 Å². The highest BCUT2D eigenvalue weighted by Gasteiger charge is 2.14. The molecule has 3 aromatic rings. The van der Waals surface area contributed by atoms with Crippen LogP contribution in [-0.2, 0) is 6.54 Å². The SMILES string of the molecule is C=CCn1c(=NC(=O)c2cccc(SC)c2)sc2cc(F)cc(F)c21. The van der Waals surface area contributed by atoms with Crippen molar-refractivity contribution in [2.24, 2.45) is 4.99 Å². The number of fused-ring (bicyclic) bond motifs is 1. The molecular weight excluding hydrogens is 362 g/mol. The van der Waals surface area contributed by atoms with Gasteiger partial charge in [-0.25, -0.2) is 8.78 Å². The summed E-state index contributed by atoms with van der Waals surface area (Å²) in [7, 11) is 0. The van der Waals surface area contributed by atoms with Gasteiger partial charge in [-0.1, -0.05) is 23.5 Å². The molecule has 0 atom stereocenters. The molecule has 0 bridgehead atoms. The molecule has 0 aliphatic rings. The summed E-state index contributed by atoms with van der Waals surface area (Å²) in [6.45, 7) is 3.91. The van der Waals surface area contributed by atoms with Gasteiger partial charge >= 0.3 is 0 Å². The van der Waals surface area contributed by atoms with Crippen molar-refractivity contribution >= 4 is 39.2 Å². The third-order valence-corrected chi connectivity index (χ3v) is 5.27. The number of carbonyl (C=O) groups is 1. The molecule has 0 spiro atoms. The summed E-state index contributed by atoms with van der Waals surface area (Å²) >= 11 is 2.59. The molecule has 0 aliphatic heterocycles. The minimum atomic E-state index is -0.689. The first-order valence-corrected chi connectivity index (χ1v) is 9.40. The van der Waals surface area contributed by atoms with Gasteiger partial charge < -0.3 is 4.57 Å². The third-order valence-electron chi connectivity index (χ3n) is 3.52. The van der Waals surface area contributed by atoms with Gasteiger partial charge in [0.15, 0.2) is 10.6 Å². The van der Waals surface area contributed by atoms with Gasteiger partial charge in [0.25, 0.3) is 5.91 Å². The number of amides is 1. The Balaban J connectivity index is 2.17. The van der Waals surface area contributed by atoms with E-state index in [0.717, 1.165) is 22.3 Å². The molecule has 0 radical (unpaired) electrons. The van der Waals surface area contributed by atoms with E-state index in [-0.39, 0.29) is 12.1 Å². The third kappa shape index (κ3) is 3.57. The second kappa shape index (κ2) is 7.33. The van der Waals surface area contributed by atoms with Crippen LogP contribution in [0.25, 0.3) is 10.2 Å². The Morgan fingerprint density at radius 2 is 2.16 bits per heavy atom. The largest absolute Gasteiger partial charge is 0.310 e. The van der Waals surface area contributed by atoms with E-state index in [4.69, 9.17) is 0 Å². The maximum Gasteiger partial charge on any atom is 0.279 e. The van der Waals surface area contributed by atoms with Crippen molar-refractivity contribution in [3.63, 3.8) is 0 Å². The quantitative estimate of drug-likeness (QED) is 0.491. The van der Waals surface area contributed by atoms with E-state index in [1.165, 1.54) is 22.4 Å². The van der Waals surface area contributed by atoms with Crippen LogP contribution in [-0.4, -0.2) is 16.7 Å². The first-order chi connectivity index (χ1) is 12.0. The lowest BCUT2D eigenvalue weighted by molar-refractivity contribution is 0.0997. The number of halogens is 2. The lowest BCUT2D eigenvalue weighted by Crippen LogP contribution is -2.16. The summed E-state index contributed by atoms with van der Waals surface area (Å²) in [5.41, 5.74) is 0.664. The number of carbonyl (C=O) groups excluding carboxylic acids is 1. The van der Waals surface area contributed by atoms with Crippen LogP contribution in [0.15, 0.2) is 58.9 Å². The van der Waals surface area contributed by atoms with Gasteiger partial charge in [0, 0.05) is 23.1 Å². The molecule has 1 heterocycles. The summed E-state index contributed by atoms with van der Waals surface area (Å²) in [5, 5.41) is 0. The standard InChI is InChI=1S/C18H14F2N2OS2/c1-3-7-22-16-14(20)9-12(19)10-15(16)25-18(22)21-17(23)11-5-4-6-13(8-11)24-2/h3-6,8-10H,1,7H2,2H3. The van der Waals surface area contributed by atoms with Gasteiger partial charge in [0.1, 0.15) is 5.82 Å². The van der Waals surface area contributed by atoms with Crippen LogP contribution in [0.1, 0.15) is 10.4 Å². The highest BCUT2D eigenvalue weighted by Crippen LogP contribution is 2.22. The Bertz CT molecular complexity index is 1040. The molecule has 25 heavy (non-hydrogen) atoms. The molecule has 0 fully saturated rings. The predicted octanol–water partition coefficient (Wildman–Crippen LogP) is 4.63. The molecule has 3 nitrogen and oxygen atoms in total. The Kier molecular flexibility index (Phi) is 5.15. The van der Waals surface area contributed by atoms with E-state index in [9.17, 15) is 13.6 Å². The number of allylic oxidation sites excluding steroid dienone is 1. The maximum atomic E-state index is 14.2. The molecule has 0 saturated heterocycles. The molecule has 2 aromatic carbocycles. The van der Waals surface area contributed by atoms with Crippen molar-refractivity contribution in [3.8, 4) is 0 Å². The summed E-state index contributed by atoms with van der Waals surface area (Å²) in [6, 6.07) is 9.17. The second-order valence-electron chi connectivity index (χ2n) is 5.17. The van der Waals surface area contributed by atoms with E-state index in [1.807, 2.05) is 12.3 Å². The number of nitrogens with zero attached hydrogens (tertiary/aromatic N) is 2. The molecule has 1 aromatic heterocycles. The normalized spacial score (nSPS) is 11.9. The molecule has 0 unspecified atom stereocenters. The van der Waals surface area contributed by atoms with Crippen LogP contribution in [0.3, 0.4) is 0 Å². The molecule has 0 saturated carbocycles. The van der Waals surface area contributed by atoms with Gasteiger partial charge in [-0.2, -0.15) is 4.99 Å². The zero-order valence-corrected chi connectivity index (χ0v) is 15.0. The monoisotopic (exact) mass is 376 g/mol. The predicted molar refractivity (Wildman–Crippen MR) is 98.0 cm³/mol. The number of thioether (sulfide) groups is 1. The smallest absolute Gasteiger partial charge is 0.279 e. The Labute approximate surface area is 151 Å². The Hall–Kier alpha value is -2.25. The average Bonchev–Trinajstić information content (AvgIpc) is 2.92. The molecule has 128 valence electrons. The van der Waals surface area contributed by atoms with E-state index < -0.39 is 17.5 Å². The minimum Gasteiger partial charge on any atom is -0.310 e. The number of thiazole rings is 1. The first kappa shape index (κ1) is 17.6.